The average Bonchev–Trinajstić information content (AvgIpc) is 2.61. The SMILES string of the molecule is CC(C)c1cccc(C(C)C)c1NC(=O)C(C)(C)C(=O)N1CCN(C)CC1. The number of carbonyl (C=O) groups excluding carboxylic acids is 2. The summed E-state index contributed by atoms with van der Waals surface area (Å²) in [6.45, 7) is 15.0. The van der Waals surface area contributed by atoms with Crippen molar-refractivity contribution in [2.45, 2.75) is 53.4 Å². The first kappa shape index (κ1) is 21.4. The van der Waals surface area contributed by atoms with Crippen LogP contribution in [0.25, 0.3) is 0 Å². The van der Waals surface area contributed by atoms with Crippen LogP contribution < -0.4 is 5.32 Å². The van der Waals surface area contributed by atoms with Gasteiger partial charge in [-0.25, -0.2) is 0 Å². The van der Waals surface area contributed by atoms with Gasteiger partial charge in [0.25, 0.3) is 0 Å². The van der Waals surface area contributed by atoms with Gasteiger partial charge in [-0.15, -0.1) is 0 Å². The summed E-state index contributed by atoms with van der Waals surface area (Å²) < 4.78 is 0. The molecule has 0 aliphatic carbocycles. The first-order chi connectivity index (χ1) is 12.6. The number of anilines is 1. The molecule has 0 unspecified atom stereocenters. The molecule has 1 aromatic carbocycles. The molecule has 0 radical (unpaired) electrons. The number of likely N-dealkylation sites (N-methyl/N-ethyl adjacent to an activating group) is 1. The first-order valence-electron chi connectivity index (χ1n) is 9.97. The lowest BCUT2D eigenvalue weighted by atomic mass is 9.88. The van der Waals surface area contributed by atoms with E-state index < -0.39 is 5.41 Å². The van der Waals surface area contributed by atoms with Crippen LogP contribution in [0.2, 0.25) is 0 Å². The van der Waals surface area contributed by atoms with Gasteiger partial charge in [-0.3, -0.25) is 9.59 Å². The summed E-state index contributed by atoms with van der Waals surface area (Å²) in [5.74, 6) is 0.244. The Hall–Kier alpha value is -1.88. The minimum absolute atomic E-state index is 0.0961. The van der Waals surface area contributed by atoms with E-state index in [0.29, 0.717) is 13.1 Å². The lowest BCUT2D eigenvalue weighted by molar-refractivity contribution is -0.147. The van der Waals surface area contributed by atoms with Gasteiger partial charge in [0.15, 0.2) is 0 Å². The van der Waals surface area contributed by atoms with E-state index in [1.807, 2.05) is 11.0 Å². The molecule has 1 aromatic rings. The molecular formula is C22H35N3O2. The van der Waals surface area contributed by atoms with Crippen LogP contribution in [0.15, 0.2) is 18.2 Å². The molecule has 1 heterocycles. The highest BCUT2D eigenvalue weighted by Crippen LogP contribution is 2.34. The molecule has 0 bridgehead atoms. The van der Waals surface area contributed by atoms with E-state index in [0.717, 1.165) is 29.9 Å². The summed E-state index contributed by atoms with van der Waals surface area (Å²) in [6, 6.07) is 6.16. The maximum atomic E-state index is 13.2. The maximum absolute atomic E-state index is 13.2. The molecule has 1 saturated heterocycles. The predicted molar refractivity (Wildman–Crippen MR) is 111 cm³/mol. The third kappa shape index (κ3) is 4.70. The second-order valence-electron chi connectivity index (χ2n) is 8.80. The molecule has 5 heteroatoms. The van der Waals surface area contributed by atoms with E-state index in [-0.39, 0.29) is 23.7 Å². The van der Waals surface area contributed by atoms with Crippen molar-refractivity contribution in [3.05, 3.63) is 29.3 Å². The van der Waals surface area contributed by atoms with E-state index in [9.17, 15) is 9.59 Å². The first-order valence-corrected chi connectivity index (χ1v) is 9.97. The zero-order valence-corrected chi connectivity index (χ0v) is 17.9. The predicted octanol–water partition coefficient (Wildman–Crippen LogP) is 3.67. The van der Waals surface area contributed by atoms with E-state index >= 15 is 0 Å². The van der Waals surface area contributed by atoms with E-state index in [2.05, 4.69) is 57.1 Å². The number of benzene rings is 1. The Morgan fingerprint density at radius 2 is 1.44 bits per heavy atom. The standard InChI is InChI=1S/C22H35N3O2/c1-15(2)17-9-8-10-18(16(3)4)19(17)23-20(26)22(5,6)21(27)25-13-11-24(7)12-14-25/h8-10,15-16H,11-14H2,1-7H3,(H,23,26). The summed E-state index contributed by atoms with van der Waals surface area (Å²) in [4.78, 5) is 30.2. The highest BCUT2D eigenvalue weighted by atomic mass is 16.2. The van der Waals surface area contributed by atoms with Crippen LogP contribution in [-0.4, -0.2) is 54.8 Å². The average molecular weight is 374 g/mol. The Balaban J connectivity index is 2.26. The molecule has 2 amide bonds. The van der Waals surface area contributed by atoms with Crippen molar-refractivity contribution in [2.24, 2.45) is 5.41 Å². The lowest BCUT2D eigenvalue weighted by Gasteiger charge is -2.37. The van der Waals surface area contributed by atoms with Crippen molar-refractivity contribution in [2.75, 3.05) is 38.5 Å². The molecule has 5 nitrogen and oxygen atoms in total. The largest absolute Gasteiger partial charge is 0.339 e. The van der Waals surface area contributed by atoms with Crippen LogP contribution in [0.5, 0.6) is 0 Å². The zero-order chi connectivity index (χ0) is 20.4. The number of hydrogen-bond acceptors (Lipinski definition) is 3. The van der Waals surface area contributed by atoms with Crippen molar-refractivity contribution in [3.8, 4) is 0 Å². The number of carbonyl (C=O) groups is 2. The minimum Gasteiger partial charge on any atom is -0.339 e. The Bertz CT molecular complexity index is 661. The summed E-state index contributed by atoms with van der Waals surface area (Å²) in [7, 11) is 2.05. The van der Waals surface area contributed by atoms with Gasteiger partial charge in [-0.1, -0.05) is 45.9 Å². The molecule has 27 heavy (non-hydrogen) atoms. The van der Waals surface area contributed by atoms with Crippen molar-refractivity contribution < 1.29 is 9.59 Å². The summed E-state index contributed by atoms with van der Waals surface area (Å²) in [6.07, 6.45) is 0. The van der Waals surface area contributed by atoms with E-state index in [4.69, 9.17) is 0 Å². The van der Waals surface area contributed by atoms with Crippen molar-refractivity contribution in [1.82, 2.24) is 9.80 Å². The van der Waals surface area contributed by atoms with Crippen LogP contribution in [0.1, 0.15) is 64.5 Å². The molecule has 1 fully saturated rings. The van der Waals surface area contributed by atoms with Crippen LogP contribution in [-0.2, 0) is 9.59 Å². The van der Waals surface area contributed by atoms with Crippen molar-refractivity contribution in [1.29, 1.82) is 0 Å². The second-order valence-corrected chi connectivity index (χ2v) is 8.80. The molecule has 1 N–H and O–H groups in total. The molecule has 0 spiro atoms. The van der Waals surface area contributed by atoms with E-state index in [1.165, 1.54) is 0 Å². The van der Waals surface area contributed by atoms with Gasteiger partial charge in [0, 0.05) is 31.9 Å². The molecular weight excluding hydrogens is 338 g/mol. The minimum atomic E-state index is -1.10. The fourth-order valence-electron chi connectivity index (χ4n) is 3.47. The molecule has 2 rings (SSSR count). The fraction of sp³-hybridized carbons (Fsp3) is 0.636. The monoisotopic (exact) mass is 373 g/mol. The Kier molecular flexibility index (Phi) is 6.68. The van der Waals surface area contributed by atoms with Crippen LogP contribution in [0.4, 0.5) is 5.69 Å². The van der Waals surface area contributed by atoms with Gasteiger partial charge in [-0.2, -0.15) is 0 Å². The third-order valence-corrected chi connectivity index (χ3v) is 5.50. The number of para-hydroxylation sites is 1. The summed E-state index contributed by atoms with van der Waals surface area (Å²) >= 11 is 0. The van der Waals surface area contributed by atoms with Crippen molar-refractivity contribution in [3.63, 3.8) is 0 Å². The number of piperazine rings is 1. The molecule has 150 valence electrons. The van der Waals surface area contributed by atoms with Crippen LogP contribution in [0, 0.1) is 5.41 Å². The lowest BCUT2D eigenvalue weighted by Crippen LogP contribution is -2.53. The quantitative estimate of drug-likeness (QED) is 0.801. The van der Waals surface area contributed by atoms with Crippen LogP contribution >= 0.6 is 0 Å². The Morgan fingerprint density at radius 3 is 1.89 bits per heavy atom. The molecule has 1 aliphatic rings. The van der Waals surface area contributed by atoms with Gasteiger partial charge in [-0.05, 0) is 43.9 Å². The van der Waals surface area contributed by atoms with E-state index in [1.54, 1.807) is 13.8 Å². The Labute approximate surface area is 164 Å². The van der Waals surface area contributed by atoms with Gasteiger partial charge in [0.05, 0.1) is 0 Å². The van der Waals surface area contributed by atoms with Gasteiger partial charge < -0.3 is 15.1 Å². The Morgan fingerprint density at radius 1 is 0.963 bits per heavy atom. The number of amides is 2. The number of nitrogens with one attached hydrogen (secondary N) is 1. The third-order valence-electron chi connectivity index (χ3n) is 5.50. The smallest absolute Gasteiger partial charge is 0.239 e. The van der Waals surface area contributed by atoms with Gasteiger partial charge >= 0.3 is 0 Å². The van der Waals surface area contributed by atoms with Gasteiger partial charge in [0.1, 0.15) is 5.41 Å². The number of hydrogen-bond donors (Lipinski definition) is 1. The van der Waals surface area contributed by atoms with Gasteiger partial charge in [0.2, 0.25) is 11.8 Å². The van der Waals surface area contributed by atoms with Crippen LogP contribution in [0.3, 0.4) is 0 Å². The molecule has 0 atom stereocenters. The number of rotatable bonds is 5. The topological polar surface area (TPSA) is 52.7 Å². The zero-order valence-electron chi connectivity index (χ0n) is 17.9. The molecule has 0 saturated carbocycles. The highest BCUT2D eigenvalue weighted by molar-refractivity contribution is 6.10. The highest BCUT2D eigenvalue weighted by Gasteiger charge is 2.40. The normalized spacial score (nSPS) is 16.1. The summed E-state index contributed by atoms with van der Waals surface area (Å²) in [5, 5.41) is 3.11. The maximum Gasteiger partial charge on any atom is 0.239 e. The molecule has 0 aromatic heterocycles. The second kappa shape index (κ2) is 8.42. The van der Waals surface area contributed by atoms with Crippen molar-refractivity contribution >= 4 is 17.5 Å². The summed E-state index contributed by atoms with van der Waals surface area (Å²) in [5.41, 5.74) is 1.98. The fourth-order valence-corrected chi connectivity index (χ4v) is 3.47. The molecule has 1 aliphatic heterocycles. The number of nitrogens with zero attached hydrogens (tertiary/aromatic N) is 2.